The van der Waals surface area contributed by atoms with Crippen LogP contribution in [0.2, 0.25) is 0 Å². The number of hydrogen-bond donors (Lipinski definition) is 1. The molecule has 106 valence electrons. The zero-order valence-electron chi connectivity index (χ0n) is 12.2. The topological polar surface area (TPSA) is 28.4 Å². The van der Waals surface area contributed by atoms with Crippen LogP contribution < -0.4 is 10.2 Å². The van der Waals surface area contributed by atoms with Crippen LogP contribution in [0, 0.1) is 6.92 Å². The molecule has 1 aromatic carbocycles. The van der Waals surface area contributed by atoms with Gasteiger partial charge in [0.1, 0.15) is 5.76 Å². The minimum absolute atomic E-state index is 0.765. The summed E-state index contributed by atoms with van der Waals surface area (Å²) in [5, 5.41) is 3.54. The van der Waals surface area contributed by atoms with Crippen LogP contribution >= 0.6 is 0 Å². The first-order valence-electron chi connectivity index (χ1n) is 7.29. The molecule has 20 heavy (non-hydrogen) atoms. The number of anilines is 1. The maximum Gasteiger partial charge on any atom is 0.105 e. The Hall–Kier alpha value is -1.74. The van der Waals surface area contributed by atoms with Crippen molar-refractivity contribution in [2.45, 2.75) is 38.9 Å². The highest BCUT2D eigenvalue weighted by atomic mass is 16.3. The lowest BCUT2D eigenvalue weighted by Crippen LogP contribution is -2.17. The van der Waals surface area contributed by atoms with Gasteiger partial charge >= 0.3 is 0 Å². The molecule has 1 heterocycles. The summed E-state index contributed by atoms with van der Waals surface area (Å²) in [5.41, 5.74) is 3.83. The summed E-state index contributed by atoms with van der Waals surface area (Å²) in [6.45, 7) is 3.87. The number of nitrogens with one attached hydrogen (secondary N) is 1. The average Bonchev–Trinajstić information content (AvgIpc) is 3.21. The summed E-state index contributed by atoms with van der Waals surface area (Å²) in [5.74, 6) is 1.00. The molecule has 3 heteroatoms. The van der Waals surface area contributed by atoms with Crippen LogP contribution in [0.25, 0.3) is 0 Å². The van der Waals surface area contributed by atoms with Gasteiger partial charge in [0, 0.05) is 37.4 Å². The third-order valence-corrected chi connectivity index (χ3v) is 3.92. The molecule has 1 saturated carbocycles. The lowest BCUT2D eigenvalue weighted by molar-refractivity contribution is 0.529. The SMILES string of the molecule is Cc1occc1CN(C)c1ccc(CNC2CC2)cc1. The second kappa shape index (κ2) is 5.71. The number of aryl methyl sites for hydroxylation is 1. The second-order valence-electron chi connectivity index (χ2n) is 5.68. The van der Waals surface area contributed by atoms with E-state index in [1.54, 1.807) is 6.26 Å². The third kappa shape index (κ3) is 3.23. The van der Waals surface area contributed by atoms with Crippen LogP contribution in [0.3, 0.4) is 0 Å². The Labute approximate surface area is 120 Å². The van der Waals surface area contributed by atoms with E-state index in [4.69, 9.17) is 4.42 Å². The quantitative estimate of drug-likeness (QED) is 0.871. The smallest absolute Gasteiger partial charge is 0.105 e. The van der Waals surface area contributed by atoms with E-state index < -0.39 is 0 Å². The van der Waals surface area contributed by atoms with Crippen molar-refractivity contribution >= 4 is 5.69 Å². The van der Waals surface area contributed by atoms with Gasteiger partial charge in [0.05, 0.1) is 6.26 Å². The molecule has 0 bridgehead atoms. The Kier molecular flexibility index (Phi) is 3.79. The zero-order chi connectivity index (χ0) is 13.9. The fourth-order valence-electron chi connectivity index (χ4n) is 2.34. The van der Waals surface area contributed by atoms with Crippen molar-refractivity contribution in [3.8, 4) is 0 Å². The first kappa shape index (κ1) is 13.3. The molecule has 1 aliphatic rings. The van der Waals surface area contributed by atoms with E-state index in [1.165, 1.54) is 29.7 Å². The predicted molar refractivity (Wildman–Crippen MR) is 81.9 cm³/mol. The summed E-state index contributed by atoms with van der Waals surface area (Å²) in [6.07, 6.45) is 4.43. The molecule has 0 saturated heterocycles. The standard InChI is InChI=1S/C17H22N2O/c1-13-15(9-10-20-13)12-19(2)17-7-3-14(4-8-17)11-18-16-5-6-16/h3-4,7-10,16,18H,5-6,11-12H2,1-2H3. The highest BCUT2D eigenvalue weighted by molar-refractivity contribution is 5.47. The first-order valence-corrected chi connectivity index (χ1v) is 7.29. The maximum absolute atomic E-state index is 5.35. The number of rotatable bonds is 6. The van der Waals surface area contributed by atoms with Gasteiger partial charge in [-0.05, 0) is 43.5 Å². The van der Waals surface area contributed by atoms with Crippen LogP contribution in [0.4, 0.5) is 5.69 Å². The van der Waals surface area contributed by atoms with Crippen LogP contribution in [0.15, 0.2) is 41.0 Å². The predicted octanol–water partition coefficient (Wildman–Crippen LogP) is 3.48. The summed E-state index contributed by atoms with van der Waals surface area (Å²) < 4.78 is 5.35. The monoisotopic (exact) mass is 270 g/mol. The van der Waals surface area contributed by atoms with Crippen LogP contribution in [-0.2, 0) is 13.1 Å². The largest absolute Gasteiger partial charge is 0.469 e. The summed E-state index contributed by atoms with van der Waals surface area (Å²) in [7, 11) is 2.11. The van der Waals surface area contributed by atoms with Gasteiger partial charge in [-0.3, -0.25) is 0 Å². The van der Waals surface area contributed by atoms with Gasteiger partial charge in [-0.25, -0.2) is 0 Å². The number of hydrogen-bond acceptors (Lipinski definition) is 3. The van der Waals surface area contributed by atoms with Crippen molar-refractivity contribution in [3.63, 3.8) is 0 Å². The van der Waals surface area contributed by atoms with Gasteiger partial charge in [-0.2, -0.15) is 0 Å². The zero-order valence-corrected chi connectivity index (χ0v) is 12.2. The van der Waals surface area contributed by atoms with Gasteiger partial charge in [0.2, 0.25) is 0 Å². The summed E-state index contributed by atoms with van der Waals surface area (Å²) >= 11 is 0. The molecule has 2 aromatic rings. The van der Waals surface area contributed by atoms with Crippen molar-refractivity contribution in [1.29, 1.82) is 0 Å². The van der Waals surface area contributed by atoms with Crippen LogP contribution in [-0.4, -0.2) is 13.1 Å². The Morgan fingerprint density at radius 1 is 1.20 bits per heavy atom. The number of benzene rings is 1. The Balaban J connectivity index is 1.59. The highest BCUT2D eigenvalue weighted by Gasteiger charge is 2.19. The molecular weight excluding hydrogens is 248 g/mol. The van der Waals surface area contributed by atoms with Gasteiger partial charge in [0.25, 0.3) is 0 Å². The molecule has 3 rings (SSSR count). The van der Waals surface area contributed by atoms with E-state index in [1.807, 2.05) is 13.0 Å². The molecule has 0 spiro atoms. The Morgan fingerprint density at radius 3 is 2.55 bits per heavy atom. The maximum atomic E-state index is 5.35. The van der Waals surface area contributed by atoms with Gasteiger partial charge in [0.15, 0.2) is 0 Å². The molecule has 1 fully saturated rings. The molecule has 0 radical (unpaired) electrons. The third-order valence-electron chi connectivity index (χ3n) is 3.92. The minimum atomic E-state index is 0.765. The molecular formula is C17H22N2O. The lowest BCUT2D eigenvalue weighted by atomic mass is 10.2. The summed E-state index contributed by atoms with van der Waals surface area (Å²) in [6, 6.07) is 11.6. The van der Waals surface area contributed by atoms with E-state index in [0.717, 1.165) is 24.9 Å². The fraction of sp³-hybridized carbons (Fsp3) is 0.412. The Bertz CT molecular complexity index is 555. The molecule has 0 atom stereocenters. The van der Waals surface area contributed by atoms with Crippen LogP contribution in [0.1, 0.15) is 29.7 Å². The lowest BCUT2D eigenvalue weighted by Gasteiger charge is -2.19. The van der Waals surface area contributed by atoms with E-state index in [9.17, 15) is 0 Å². The molecule has 0 amide bonds. The van der Waals surface area contributed by atoms with E-state index in [0.29, 0.717) is 0 Å². The molecule has 0 unspecified atom stereocenters. The minimum Gasteiger partial charge on any atom is -0.469 e. The van der Waals surface area contributed by atoms with E-state index in [2.05, 4.69) is 41.5 Å². The van der Waals surface area contributed by atoms with Crippen molar-refractivity contribution in [2.75, 3.05) is 11.9 Å². The average molecular weight is 270 g/mol. The van der Waals surface area contributed by atoms with Crippen LogP contribution in [0.5, 0.6) is 0 Å². The van der Waals surface area contributed by atoms with E-state index >= 15 is 0 Å². The Morgan fingerprint density at radius 2 is 1.95 bits per heavy atom. The van der Waals surface area contributed by atoms with Gasteiger partial charge in [-0.1, -0.05) is 12.1 Å². The molecule has 0 aliphatic heterocycles. The van der Waals surface area contributed by atoms with Crippen molar-refractivity contribution in [3.05, 3.63) is 53.5 Å². The van der Waals surface area contributed by atoms with Crippen molar-refractivity contribution in [1.82, 2.24) is 5.32 Å². The van der Waals surface area contributed by atoms with E-state index in [-0.39, 0.29) is 0 Å². The molecule has 1 aliphatic carbocycles. The second-order valence-corrected chi connectivity index (χ2v) is 5.68. The highest BCUT2D eigenvalue weighted by Crippen LogP contribution is 2.21. The number of nitrogens with zero attached hydrogens (tertiary/aromatic N) is 1. The summed E-state index contributed by atoms with van der Waals surface area (Å²) in [4.78, 5) is 2.25. The molecule has 1 aromatic heterocycles. The van der Waals surface area contributed by atoms with Gasteiger partial charge in [-0.15, -0.1) is 0 Å². The van der Waals surface area contributed by atoms with Crippen molar-refractivity contribution in [2.24, 2.45) is 0 Å². The normalized spacial score (nSPS) is 14.5. The molecule has 1 N–H and O–H groups in total. The van der Waals surface area contributed by atoms with Gasteiger partial charge < -0.3 is 14.6 Å². The first-order chi connectivity index (χ1) is 9.72. The fourth-order valence-corrected chi connectivity index (χ4v) is 2.34. The van der Waals surface area contributed by atoms with Crippen molar-refractivity contribution < 1.29 is 4.42 Å². The molecule has 3 nitrogen and oxygen atoms in total. The number of furan rings is 1.